The molecule has 2 aromatic carbocycles. The van der Waals surface area contributed by atoms with E-state index in [9.17, 15) is 9.59 Å². The number of esters is 1. The first-order valence-electron chi connectivity index (χ1n) is 7.76. The van der Waals surface area contributed by atoms with Crippen molar-refractivity contribution in [3.05, 3.63) is 70.7 Å². The lowest BCUT2D eigenvalue weighted by molar-refractivity contribution is -0.148. The van der Waals surface area contributed by atoms with Crippen LogP contribution in [0.2, 0.25) is 5.02 Å². The van der Waals surface area contributed by atoms with Gasteiger partial charge in [-0.2, -0.15) is 0 Å². The topological polar surface area (TPSA) is 55.4 Å². The zero-order valence-corrected chi connectivity index (χ0v) is 14.3. The Morgan fingerprint density at radius 2 is 1.75 bits per heavy atom. The van der Waals surface area contributed by atoms with E-state index in [-0.39, 0.29) is 30.8 Å². The number of ether oxygens (including phenoxy) is 1. The van der Waals surface area contributed by atoms with E-state index >= 15 is 0 Å². The van der Waals surface area contributed by atoms with Gasteiger partial charge in [0.15, 0.2) is 6.61 Å². The minimum Gasteiger partial charge on any atom is -0.456 e. The van der Waals surface area contributed by atoms with Crippen LogP contribution >= 0.6 is 11.6 Å². The second-order valence-corrected chi connectivity index (χ2v) is 6.02. The van der Waals surface area contributed by atoms with Crippen molar-refractivity contribution in [2.45, 2.75) is 25.8 Å². The van der Waals surface area contributed by atoms with E-state index in [4.69, 9.17) is 16.3 Å². The highest BCUT2D eigenvalue weighted by Gasteiger charge is 2.13. The predicted molar refractivity (Wildman–Crippen MR) is 93.7 cm³/mol. The fraction of sp³-hybridized carbons (Fsp3) is 0.263. The summed E-state index contributed by atoms with van der Waals surface area (Å²) in [6.45, 7) is 2.05. The molecule has 0 aliphatic rings. The molecular weight excluding hydrogens is 326 g/mol. The Labute approximate surface area is 146 Å². The smallest absolute Gasteiger partial charge is 0.306 e. The van der Waals surface area contributed by atoms with Gasteiger partial charge < -0.3 is 10.1 Å². The van der Waals surface area contributed by atoms with Gasteiger partial charge >= 0.3 is 5.97 Å². The van der Waals surface area contributed by atoms with Crippen LogP contribution in [0.4, 0.5) is 0 Å². The summed E-state index contributed by atoms with van der Waals surface area (Å²) in [6.07, 6.45) is 0.245. The van der Waals surface area contributed by atoms with Crippen LogP contribution in [0, 0.1) is 0 Å². The highest BCUT2D eigenvalue weighted by atomic mass is 35.5. The Hall–Kier alpha value is -2.33. The van der Waals surface area contributed by atoms with E-state index in [1.807, 2.05) is 49.4 Å². The summed E-state index contributed by atoms with van der Waals surface area (Å²) in [4.78, 5) is 23.6. The highest BCUT2D eigenvalue weighted by molar-refractivity contribution is 6.30. The highest BCUT2D eigenvalue weighted by Crippen LogP contribution is 2.18. The van der Waals surface area contributed by atoms with Gasteiger partial charge in [-0.1, -0.05) is 61.0 Å². The predicted octanol–water partition coefficient (Wildman–Crippen LogP) is 3.69. The molecule has 5 heteroatoms. The molecule has 1 N–H and O–H groups in total. The standard InChI is InChI=1S/C19H20ClNO3/c1-14(16-5-3-2-4-6-16)11-19(23)24-13-18(22)21-12-15-7-9-17(20)10-8-15/h2-10,14H,11-13H2,1H3,(H,21,22)/t14-/m1/s1. The molecule has 0 aromatic heterocycles. The molecule has 4 nitrogen and oxygen atoms in total. The van der Waals surface area contributed by atoms with Crippen molar-refractivity contribution >= 4 is 23.5 Å². The summed E-state index contributed by atoms with van der Waals surface area (Å²) in [5, 5.41) is 3.34. The lowest BCUT2D eigenvalue weighted by Crippen LogP contribution is -2.28. The molecule has 2 aromatic rings. The Bertz CT molecular complexity index is 671. The second kappa shape index (κ2) is 9.08. The number of carbonyl (C=O) groups excluding carboxylic acids is 2. The van der Waals surface area contributed by atoms with E-state index in [2.05, 4.69) is 5.32 Å². The van der Waals surface area contributed by atoms with Crippen LogP contribution in [0.25, 0.3) is 0 Å². The number of amides is 1. The summed E-state index contributed by atoms with van der Waals surface area (Å²) in [5.41, 5.74) is 2.00. The van der Waals surface area contributed by atoms with Crippen molar-refractivity contribution in [2.75, 3.05) is 6.61 Å². The Balaban J connectivity index is 1.69. The third-order valence-corrected chi connectivity index (χ3v) is 3.86. The van der Waals surface area contributed by atoms with Crippen molar-refractivity contribution < 1.29 is 14.3 Å². The van der Waals surface area contributed by atoms with E-state index in [1.54, 1.807) is 12.1 Å². The third kappa shape index (κ3) is 6.05. The van der Waals surface area contributed by atoms with Crippen LogP contribution in [-0.2, 0) is 20.9 Å². The molecule has 126 valence electrons. The molecule has 24 heavy (non-hydrogen) atoms. The van der Waals surface area contributed by atoms with Crippen molar-refractivity contribution in [1.29, 1.82) is 0 Å². The van der Waals surface area contributed by atoms with Crippen LogP contribution in [-0.4, -0.2) is 18.5 Å². The number of carbonyl (C=O) groups is 2. The SMILES string of the molecule is C[C@H](CC(=O)OCC(=O)NCc1ccc(Cl)cc1)c1ccccc1. The molecule has 1 amide bonds. The molecule has 0 aliphatic heterocycles. The molecule has 1 atom stereocenters. The van der Waals surface area contributed by atoms with Crippen molar-refractivity contribution in [3.63, 3.8) is 0 Å². The van der Waals surface area contributed by atoms with Gasteiger partial charge in [-0.3, -0.25) is 9.59 Å². The molecule has 0 radical (unpaired) electrons. The summed E-state index contributed by atoms with van der Waals surface area (Å²) in [5.74, 6) is -0.658. The monoisotopic (exact) mass is 345 g/mol. The number of benzene rings is 2. The first-order chi connectivity index (χ1) is 11.5. The fourth-order valence-electron chi connectivity index (χ4n) is 2.21. The molecule has 0 spiro atoms. The van der Waals surface area contributed by atoms with Crippen LogP contribution in [0.3, 0.4) is 0 Å². The zero-order valence-electron chi connectivity index (χ0n) is 13.5. The first kappa shape index (κ1) is 18.0. The molecule has 0 unspecified atom stereocenters. The van der Waals surface area contributed by atoms with Gasteiger partial charge in [-0.15, -0.1) is 0 Å². The average molecular weight is 346 g/mol. The van der Waals surface area contributed by atoms with Gasteiger partial charge in [-0.25, -0.2) is 0 Å². The minimum atomic E-state index is -0.381. The van der Waals surface area contributed by atoms with Gasteiger partial charge in [-0.05, 0) is 29.2 Å². The van der Waals surface area contributed by atoms with Crippen LogP contribution in [0.15, 0.2) is 54.6 Å². The van der Waals surface area contributed by atoms with Gasteiger partial charge in [0, 0.05) is 11.6 Å². The van der Waals surface area contributed by atoms with Crippen LogP contribution in [0.1, 0.15) is 30.4 Å². The summed E-state index contributed by atoms with van der Waals surface area (Å²) in [7, 11) is 0. The molecule has 0 aliphatic carbocycles. The summed E-state index contributed by atoms with van der Waals surface area (Å²) in [6, 6.07) is 16.9. The molecule has 0 saturated carbocycles. The van der Waals surface area contributed by atoms with E-state index in [0.717, 1.165) is 11.1 Å². The van der Waals surface area contributed by atoms with Crippen LogP contribution in [0.5, 0.6) is 0 Å². The maximum absolute atomic E-state index is 11.8. The zero-order chi connectivity index (χ0) is 17.4. The van der Waals surface area contributed by atoms with Gasteiger partial charge in [0.2, 0.25) is 0 Å². The van der Waals surface area contributed by atoms with Crippen molar-refractivity contribution in [1.82, 2.24) is 5.32 Å². The Kier molecular flexibility index (Phi) is 6.82. The van der Waals surface area contributed by atoms with Gasteiger partial charge in [0.1, 0.15) is 0 Å². The fourth-order valence-corrected chi connectivity index (χ4v) is 2.33. The lowest BCUT2D eigenvalue weighted by Gasteiger charge is -2.11. The van der Waals surface area contributed by atoms with Crippen molar-refractivity contribution in [2.24, 2.45) is 0 Å². The third-order valence-electron chi connectivity index (χ3n) is 3.61. The minimum absolute atomic E-state index is 0.0517. The number of hydrogen-bond donors (Lipinski definition) is 1. The van der Waals surface area contributed by atoms with E-state index in [0.29, 0.717) is 11.6 Å². The molecular formula is C19H20ClNO3. The molecule has 2 rings (SSSR count). The average Bonchev–Trinajstić information content (AvgIpc) is 2.60. The van der Waals surface area contributed by atoms with E-state index in [1.165, 1.54) is 0 Å². The van der Waals surface area contributed by atoms with Gasteiger partial charge in [0.25, 0.3) is 5.91 Å². The largest absolute Gasteiger partial charge is 0.456 e. The number of hydrogen-bond acceptors (Lipinski definition) is 3. The maximum Gasteiger partial charge on any atom is 0.306 e. The Morgan fingerprint density at radius 1 is 1.08 bits per heavy atom. The number of nitrogens with one attached hydrogen (secondary N) is 1. The molecule has 0 heterocycles. The quantitative estimate of drug-likeness (QED) is 0.778. The number of halogens is 1. The lowest BCUT2D eigenvalue weighted by atomic mass is 9.98. The Morgan fingerprint density at radius 3 is 2.42 bits per heavy atom. The second-order valence-electron chi connectivity index (χ2n) is 5.58. The molecule has 0 fully saturated rings. The van der Waals surface area contributed by atoms with Crippen molar-refractivity contribution in [3.8, 4) is 0 Å². The normalized spacial score (nSPS) is 11.6. The first-order valence-corrected chi connectivity index (χ1v) is 8.14. The van der Waals surface area contributed by atoms with Gasteiger partial charge in [0.05, 0.1) is 6.42 Å². The maximum atomic E-state index is 11.8. The number of rotatable bonds is 7. The van der Waals surface area contributed by atoms with E-state index < -0.39 is 0 Å². The summed E-state index contributed by atoms with van der Waals surface area (Å²) < 4.78 is 5.03. The van der Waals surface area contributed by atoms with Crippen LogP contribution < -0.4 is 5.32 Å². The molecule has 0 bridgehead atoms. The molecule has 0 saturated heterocycles. The summed E-state index contributed by atoms with van der Waals surface area (Å²) >= 11 is 5.80.